The third kappa shape index (κ3) is 13.6. The van der Waals surface area contributed by atoms with Crippen molar-refractivity contribution in [3.05, 3.63) is 96.1 Å². The van der Waals surface area contributed by atoms with Crippen LogP contribution in [0.3, 0.4) is 0 Å². The van der Waals surface area contributed by atoms with Crippen molar-refractivity contribution in [1.29, 1.82) is 0 Å². The minimum absolute atomic E-state index is 0. The van der Waals surface area contributed by atoms with Gasteiger partial charge in [-0.25, -0.2) is 13.2 Å². The average molecular weight is 747 g/mol. The van der Waals surface area contributed by atoms with Crippen LogP contribution >= 0.6 is 7.82 Å². The Morgan fingerprint density at radius 3 is 2.06 bits per heavy atom. The number of nitrogens with zero attached hydrogens (tertiary/aromatic N) is 1. The predicted molar refractivity (Wildman–Crippen MR) is 184 cm³/mol. The Balaban J connectivity index is 0.00000972. The van der Waals surface area contributed by atoms with E-state index in [0.29, 0.717) is 16.8 Å². The molecule has 2 amide bonds. The largest absolute Gasteiger partial charge is 2.00 e. The molecule has 3 atom stereocenters. The minimum Gasteiger partial charge on any atom is -0.790 e. The Morgan fingerprint density at radius 1 is 0.980 bits per heavy atom. The molecule has 0 fully saturated rings. The molecule has 3 rings (SSSR count). The second-order valence-corrected chi connectivity index (χ2v) is 14.4. The van der Waals surface area contributed by atoms with Gasteiger partial charge in [-0.15, -0.1) is 0 Å². The van der Waals surface area contributed by atoms with Gasteiger partial charge in [-0.1, -0.05) is 80.9 Å². The molecular formula is C33H43CaN4O9PS. The number of benzene rings is 3. The molecule has 0 bridgehead atoms. The standard InChI is InChI=1S/C33H45N4O9PS.Ca/c1-24(2)22-37(48(43,44)29-19-17-27(34)18-20-29)28(23-46-47(40,41)42)16-10-11-21-35-32(38)31(36-33(39)45-3)30(25-12-6-4-7-13-25)26-14-8-5-9-15-26;/h4-9,12-15,17-20,24,28,30-31H,10-11,16,21-23,34H2,1-3H3,(H,35,38)(H,36,39)(H2,40,41,42);/q;+2/p-2/t28-,31-;/m0./s1/i3D3,23D;/t23?,28-,31-;. The molecule has 262 valence electrons. The summed E-state index contributed by atoms with van der Waals surface area (Å²) >= 11 is 0. The second kappa shape index (κ2) is 20.4. The first kappa shape index (κ1) is 36.3. The van der Waals surface area contributed by atoms with Crippen LogP contribution in [0.5, 0.6) is 0 Å². The van der Waals surface area contributed by atoms with Crippen LogP contribution in [-0.2, 0) is 28.6 Å². The number of methoxy groups -OCH3 is 1. The molecule has 0 aliphatic rings. The fraction of sp³-hybridized carbons (Fsp3) is 0.394. The van der Waals surface area contributed by atoms with Gasteiger partial charge in [-0.3, -0.25) is 4.79 Å². The summed E-state index contributed by atoms with van der Waals surface area (Å²) in [6, 6.07) is 20.0. The van der Waals surface area contributed by atoms with Crippen LogP contribution in [0.2, 0.25) is 0 Å². The summed E-state index contributed by atoms with van der Waals surface area (Å²) in [6.45, 7) is 1.16. The van der Waals surface area contributed by atoms with E-state index in [9.17, 15) is 32.4 Å². The van der Waals surface area contributed by atoms with Crippen LogP contribution in [0.4, 0.5) is 10.5 Å². The summed E-state index contributed by atoms with van der Waals surface area (Å²) in [5.74, 6) is -1.76. The summed E-state index contributed by atoms with van der Waals surface area (Å²) in [7, 11) is -13.1. The van der Waals surface area contributed by atoms with Crippen molar-refractivity contribution in [3.63, 3.8) is 0 Å². The van der Waals surface area contributed by atoms with Crippen LogP contribution in [0, 0.1) is 5.92 Å². The maximum absolute atomic E-state index is 13.8. The number of rotatable bonds is 18. The smallest absolute Gasteiger partial charge is 0.790 e. The van der Waals surface area contributed by atoms with Gasteiger partial charge in [0.1, 0.15) is 6.04 Å². The van der Waals surface area contributed by atoms with Gasteiger partial charge in [0.05, 0.1) is 31.8 Å². The number of carbonyl (C=O) groups excluding carboxylic acids is 2. The van der Waals surface area contributed by atoms with Crippen molar-refractivity contribution in [3.8, 4) is 0 Å². The molecule has 0 radical (unpaired) electrons. The summed E-state index contributed by atoms with van der Waals surface area (Å²) in [6.07, 6.45) is -1.19. The van der Waals surface area contributed by atoms with Crippen molar-refractivity contribution >= 4 is 73.3 Å². The molecule has 0 aliphatic heterocycles. The average Bonchev–Trinajstić information content (AvgIpc) is 3.04. The molecule has 0 saturated carbocycles. The minimum atomic E-state index is -5.70. The first-order chi connectivity index (χ1) is 24.3. The number of phosphoric ester groups is 1. The quantitative estimate of drug-likeness (QED) is 0.0752. The monoisotopic (exact) mass is 746 g/mol. The van der Waals surface area contributed by atoms with Crippen LogP contribution in [-0.4, -0.2) is 101 Å². The van der Waals surface area contributed by atoms with Crippen molar-refractivity contribution in [2.24, 2.45) is 5.92 Å². The number of amides is 2. The number of nitrogens with two attached hydrogens (primary N) is 1. The van der Waals surface area contributed by atoms with E-state index in [1.807, 2.05) is 0 Å². The SMILES string of the molecule is [2H]C(OP(=O)([O-])[O-])[C@H](CCCCNC(=O)[C@@H](NC(=O)OC([2H])([2H])[2H])C(c1ccccc1)c1ccccc1)N(CC(C)C)S(=O)(=O)c1ccc(N)cc1.[Ca+2]. The molecule has 0 heterocycles. The topological polar surface area (TPSA) is 203 Å². The number of ether oxygens (including phenoxy) is 1. The number of hydrogen-bond donors (Lipinski definition) is 3. The van der Waals surface area contributed by atoms with Gasteiger partial charge >= 0.3 is 43.8 Å². The Labute approximate surface area is 323 Å². The van der Waals surface area contributed by atoms with Crippen LogP contribution in [0.1, 0.15) is 55.6 Å². The number of carbonyl (C=O) groups is 2. The van der Waals surface area contributed by atoms with Gasteiger partial charge in [-0.05, 0) is 54.2 Å². The summed E-state index contributed by atoms with van der Waals surface area (Å²) < 4.78 is 79.3. The van der Waals surface area contributed by atoms with Gasteiger partial charge < -0.3 is 40.0 Å². The predicted octanol–water partition coefficient (Wildman–Crippen LogP) is 2.59. The zero-order valence-electron chi connectivity index (χ0n) is 31.3. The van der Waals surface area contributed by atoms with E-state index in [1.54, 1.807) is 74.5 Å². The summed E-state index contributed by atoms with van der Waals surface area (Å²) in [5.41, 5.74) is 7.29. The van der Waals surface area contributed by atoms with Crippen molar-refractivity contribution in [1.82, 2.24) is 14.9 Å². The Kier molecular flexibility index (Phi) is 15.1. The summed E-state index contributed by atoms with van der Waals surface area (Å²) in [4.78, 5) is 49.3. The fourth-order valence-electron chi connectivity index (χ4n) is 5.13. The van der Waals surface area contributed by atoms with Crippen LogP contribution in [0.25, 0.3) is 0 Å². The van der Waals surface area contributed by atoms with Crippen molar-refractivity contribution < 1.29 is 47.1 Å². The van der Waals surface area contributed by atoms with E-state index >= 15 is 0 Å². The number of nitrogen functional groups attached to an aromatic ring is 1. The van der Waals surface area contributed by atoms with Crippen LogP contribution < -0.4 is 26.2 Å². The molecule has 0 spiro atoms. The van der Waals surface area contributed by atoms with Gasteiger partial charge in [0.25, 0.3) is 0 Å². The van der Waals surface area contributed by atoms with E-state index < -0.39 is 61.5 Å². The van der Waals surface area contributed by atoms with Gasteiger partial charge in [0, 0.05) is 30.7 Å². The Hall–Kier alpha value is -2.52. The summed E-state index contributed by atoms with van der Waals surface area (Å²) in [5, 5.41) is 5.11. The van der Waals surface area contributed by atoms with E-state index in [-0.39, 0.29) is 80.9 Å². The number of hydrogen-bond acceptors (Lipinski definition) is 10. The van der Waals surface area contributed by atoms with E-state index in [1.165, 1.54) is 24.3 Å². The molecule has 0 saturated heterocycles. The number of sulfonamides is 1. The third-order valence-corrected chi connectivity index (χ3v) is 9.56. The molecule has 1 unspecified atom stereocenters. The van der Waals surface area contributed by atoms with E-state index in [4.69, 9.17) is 11.2 Å². The van der Waals surface area contributed by atoms with Crippen molar-refractivity contribution in [2.75, 3.05) is 32.4 Å². The maximum Gasteiger partial charge on any atom is 2.00 e. The van der Waals surface area contributed by atoms with E-state index in [0.717, 1.165) is 4.31 Å². The molecule has 0 aliphatic carbocycles. The maximum atomic E-state index is 13.8. The fourth-order valence-corrected chi connectivity index (χ4v) is 7.17. The second-order valence-electron chi connectivity index (χ2n) is 11.4. The molecule has 49 heavy (non-hydrogen) atoms. The number of alkyl carbamates (subject to hydrolysis) is 1. The Morgan fingerprint density at radius 2 is 1.55 bits per heavy atom. The van der Waals surface area contributed by atoms with Gasteiger partial charge in [0.2, 0.25) is 15.9 Å². The third-order valence-electron chi connectivity index (χ3n) is 7.27. The van der Waals surface area contributed by atoms with Gasteiger partial charge in [-0.2, -0.15) is 4.31 Å². The molecule has 4 N–H and O–H groups in total. The molecule has 16 heteroatoms. The first-order valence-electron chi connectivity index (χ1n) is 17.2. The number of anilines is 1. The molecule has 3 aromatic rings. The van der Waals surface area contributed by atoms with Crippen LogP contribution in [0.15, 0.2) is 89.8 Å². The molecule has 0 aromatic heterocycles. The van der Waals surface area contributed by atoms with Crippen molar-refractivity contribution in [2.45, 2.75) is 56.0 Å². The number of nitrogens with one attached hydrogen (secondary N) is 2. The molecule has 3 aromatic carbocycles. The number of unbranched alkanes of at least 4 members (excludes halogenated alkanes) is 1. The molecule has 13 nitrogen and oxygen atoms in total. The van der Waals surface area contributed by atoms with E-state index in [2.05, 4.69) is 19.9 Å². The zero-order chi connectivity index (χ0) is 38.7. The molecular weight excluding hydrogens is 700 g/mol. The number of phosphoric acid groups is 1. The normalized spacial score (nSPS) is 15.2. The Bertz CT molecular complexity index is 1720. The first-order valence-corrected chi connectivity index (χ1v) is 18.1. The van der Waals surface area contributed by atoms with Gasteiger partial charge in [0.15, 0.2) is 0 Å². The zero-order valence-corrected chi connectivity index (χ0v) is 31.2.